The van der Waals surface area contributed by atoms with Crippen molar-refractivity contribution >= 4 is 23.6 Å². The van der Waals surface area contributed by atoms with E-state index in [1.165, 1.54) is 43.3 Å². The predicted octanol–water partition coefficient (Wildman–Crippen LogP) is 3.67. The van der Waals surface area contributed by atoms with Gasteiger partial charge in [0.05, 0.1) is 0 Å². The van der Waals surface area contributed by atoms with E-state index >= 15 is 0 Å². The molecule has 1 atom stereocenters. The number of amides is 2. The zero-order valence-corrected chi connectivity index (χ0v) is 14.7. The second kappa shape index (κ2) is 8.76. The third-order valence-corrected chi connectivity index (χ3v) is 3.90. The van der Waals surface area contributed by atoms with Crippen LogP contribution in [0.25, 0.3) is 0 Å². The van der Waals surface area contributed by atoms with Crippen LogP contribution in [0.2, 0.25) is 0 Å². The number of alkyl halides is 3. The second-order valence-electron chi connectivity index (χ2n) is 5.21. The molecule has 0 unspecified atom stereocenters. The number of para-hydroxylation sites is 1. The van der Waals surface area contributed by atoms with Gasteiger partial charge in [-0.1, -0.05) is 12.1 Å². The molecular formula is C17H14F4N2O3S. The van der Waals surface area contributed by atoms with Crippen LogP contribution >= 0.6 is 11.8 Å². The van der Waals surface area contributed by atoms with Crippen molar-refractivity contribution in [3.05, 3.63) is 59.9 Å². The van der Waals surface area contributed by atoms with Gasteiger partial charge in [0.25, 0.3) is 11.8 Å². The maximum Gasteiger partial charge on any atom is 0.446 e. The number of carbonyl (C=O) groups excluding carboxylic acids is 2. The van der Waals surface area contributed by atoms with Crippen LogP contribution in [0.15, 0.2) is 53.4 Å². The molecule has 27 heavy (non-hydrogen) atoms. The topological polar surface area (TPSA) is 67.4 Å². The fourth-order valence-electron chi connectivity index (χ4n) is 1.88. The molecule has 0 aliphatic carbocycles. The third-order valence-electron chi connectivity index (χ3n) is 3.16. The Hall–Kier alpha value is -2.75. The van der Waals surface area contributed by atoms with Crippen LogP contribution in [0.4, 0.5) is 17.6 Å². The second-order valence-corrected chi connectivity index (χ2v) is 6.34. The quantitative estimate of drug-likeness (QED) is 0.455. The lowest BCUT2D eigenvalue weighted by Crippen LogP contribution is -2.47. The molecule has 5 nitrogen and oxygen atoms in total. The van der Waals surface area contributed by atoms with Crippen molar-refractivity contribution in [2.75, 3.05) is 0 Å². The average molecular weight is 402 g/mol. The maximum atomic E-state index is 13.5. The molecule has 0 radical (unpaired) electrons. The van der Waals surface area contributed by atoms with Crippen molar-refractivity contribution in [1.82, 2.24) is 10.9 Å². The Morgan fingerprint density at radius 2 is 1.67 bits per heavy atom. The highest BCUT2D eigenvalue weighted by atomic mass is 32.2. The molecule has 10 heteroatoms. The summed E-state index contributed by atoms with van der Waals surface area (Å²) in [7, 11) is 0. The van der Waals surface area contributed by atoms with Crippen molar-refractivity contribution in [3.63, 3.8) is 0 Å². The van der Waals surface area contributed by atoms with E-state index in [4.69, 9.17) is 4.74 Å². The zero-order chi connectivity index (χ0) is 20.0. The lowest BCUT2D eigenvalue weighted by molar-refractivity contribution is -0.128. The number of nitrogens with one attached hydrogen (secondary N) is 2. The number of halogens is 4. The molecule has 2 aromatic rings. The first-order valence-corrected chi connectivity index (χ1v) is 8.34. The minimum Gasteiger partial charge on any atom is -0.478 e. The molecule has 2 N–H and O–H groups in total. The standard InChI is InChI=1S/C17H14F4N2O3S/c1-10(26-14-5-3-2-4-13(14)18)15(24)22-23-16(25)11-6-8-12(9-7-11)27-17(19,20)21/h2-10H,1H3,(H,22,24)(H,23,25)/t10-/m0/s1. The highest BCUT2D eigenvalue weighted by molar-refractivity contribution is 8.00. The Bertz CT molecular complexity index is 813. The Labute approximate surface area is 156 Å². The first kappa shape index (κ1) is 20.6. The molecule has 0 fully saturated rings. The van der Waals surface area contributed by atoms with Crippen LogP contribution in [-0.2, 0) is 4.79 Å². The lowest BCUT2D eigenvalue weighted by Gasteiger charge is -2.15. The molecule has 2 aromatic carbocycles. The van der Waals surface area contributed by atoms with Gasteiger partial charge in [0.2, 0.25) is 0 Å². The molecule has 0 aliphatic heterocycles. The van der Waals surface area contributed by atoms with E-state index in [-0.39, 0.29) is 28.0 Å². The largest absolute Gasteiger partial charge is 0.478 e. The van der Waals surface area contributed by atoms with Gasteiger partial charge in [0, 0.05) is 10.5 Å². The molecule has 0 aliphatic rings. The fourth-order valence-corrected chi connectivity index (χ4v) is 2.42. The van der Waals surface area contributed by atoms with E-state index in [1.54, 1.807) is 0 Å². The number of hydrazine groups is 1. The number of benzene rings is 2. The Morgan fingerprint density at radius 3 is 2.26 bits per heavy atom. The van der Waals surface area contributed by atoms with Gasteiger partial charge >= 0.3 is 5.51 Å². The molecule has 2 amide bonds. The number of thioether (sulfide) groups is 1. The first-order valence-electron chi connectivity index (χ1n) is 7.53. The molecule has 144 valence electrons. The van der Waals surface area contributed by atoms with Crippen molar-refractivity contribution in [1.29, 1.82) is 0 Å². The number of carbonyl (C=O) groups is 2. The van der Waals surface area contributed by atoms with Crippen LogP contribution in [-0.4, -0.2) is 23.4 Å². The van der Waals surface area contributed by atoms with Gasteiger partial charge in [-0.15, -0.1) is 0 Å². The monoisotopic (exact) mass is 402 g/mol. The SMILES string of the molecule is C[C@H](Oc1ccccc1F)C(=O)NNC(=O)c1ccc(SC(F)(F)F)cc1. The Balaban J connectivity index is 1.87. The summed E-state index contributed by atoms with van der Waals surface area (Å²) in [5, 5.41) is 0. The van der Waals surface area contributed by atoms with Crippen molar-refractivity contribution in [2.45, 2.75) is 23.4 Å². The molecule has 0 bridgehead atoms. The summed E-state index contributed by atoms with van der Waals surface area (Å²) < 4.78 is 55.4. The molecule has 0 saturated carbocycles. The van der Waals surface area contributed by atoms with Gasteiger partial charge in [-0.25, -0.2) is 4.39 Å². The molecule has 0 aromatic heterocycles. The van der Waals surface area contributed by atoms with Gasteiger partial charge in [-0.05, 0) is 55.1 Å². The number of hydrogen-bond donors (Lipinski definition) is 2. The predicted molar refractivity (Wildman–Crippen MR) is 90.5 cm³/mol. The van der Waals surface area contributed by atoms with Gasteiger partial charge in [0.1, 0.15) is 0 Å². The van der Waals surface area contributed by atoms with Crippen molar-refractivity contribution < 1.29 is 31.9 Å². The van der Waals surface area contributed by atoms with Gasteiger partial charge in [0.15, 0.2) is 17.7 Å². The van der Waals surface area contributed by atoms with E-state index in [0.717, 1.165) is 12.1 Å². The van der Waals surface area contributed by atoms with Gasteiger partial charge in [-0.2, -0.15) is 13.2 Å². The Morgan fingerprint density at radius 1 is 1.04 bits per heavy atom. The zero-order valence-electron chi connectivity index (χ0n) is 13.8. The molecule has 2 rings (SSSR count). The van der Waals surface area contributed by atoms with E-state index in [0.29, 0.717) is 0 Å². The van der Waals surface area contributed by atoms with Crippen LogP contribution in [0.1, 0.15) is 17.3 Å². The minimum absolute atomic E-state index is 0.0458. The summed E-state index contributed by atoms with van der Waals surface area (Å²) in [6.45, 7) is 1.36. The first-order chi connectivity index (χ1) is 12.7. The van der Waals surface area contributed by atoms with Gasteiger partial charge < -0.3 is 4.74 Å². The van der Waals surface area contributed by atoms with Crippen molar-refractivity contribution in [3.8, 4) is 5.75 Å². The van der Waals surface area contributed by atoms with Gasteiger partial charge in [-0.3, -0.25) is 20.4 Å². The summed E-state index contributed by atoms with van der Waals surface area (Å²) in [6, 6.07) is 10.2. The summed E-state index contributed by atoms with van der Waals surface area (Å²) >= 11 is -0.303. The van der Waals surface area contributed by atoms with Crippen molar-refractivity contribution in [2.24, 2.45) is 0 Å². The van der Waals surface area contributed by atoms with Crippen LogP contribution in [0.3, 0.4) is 0 Å². The van der Waals surface area contributed by atoms with E-state index in [9.17, 15) is 27.2 Å². The fraction of sp³-hybridized carbons (Fsp3) is 0.176. The number of rotatable bonds is 5. The van der Waals surface area contributed by atoms with E-state index < -0.39 is 29.2 Å². The summed E-state index contributed by atoms with van der Waals surface area (Å²) in [5.41, 5.74) is -0.170. The molecule has 0 spiro atoms. The molecule has 0 heterocycles. The smallest absolute Gasteiger partial charge is 0.446 e. The molecular weight excluding hydrogens is 388 g/mol. The Kier molecular flexibility index (Phi) is 6.67. The average Bonchev–Trinajstić information content (AvgIpc) is 2.60. The lowest BCUT2D eigenvalue weighted by atomic mass is 10.2. The normalized spacial score (nSPS) is 12.2. The minimum atomic E-state index is -4.42. The van der Waals surface area contributed by atoms with E-state index in [1.807, 2.05) is 0 Å². The third kappa shape index (κ3) is 6.48. The maximum absolute atomic E-state index is 13.5. The highest BCUT2D eigenvalue weighted by Gasteiger charge is 2.29. The highest BCUT2D eigenvalue weighted by Crippen LogP contribution is 2.36. The van der Waals surface area contributed by atoms with E-state index in [2.05, 4.69) is 10.9 Å². The summed E-state index contributed by atoms with van der Waals surface area (Å²) in [5.74, 6) is -2.23. The number of ether oxygens (including phenoxy) is 1. The summed E-state index contributed by atoms with van der Waals surface area (Å²) in [6.07, 6.45) is -1.10. The van der Waals surface area contributed by atoms with Crippen LogP contribution in [0, 0.1) is 5.82 Å². The van der Waals surface area contributed by atoms with Crippen LogP contribution in [0.5, 0.6) is 5.75 Å². The summed E-state index contributed by atoms with van der Waals surface area (Å²) in [4.78, 5) is 23.8. The number of hydrogen-bond acceptors (Lipinski definition) is 4. The van der Waals surface area contributed by atoms with Crippen LogP contribution < -0.4 is 15.6 Å². The molecule has 0 saturated heterocycles.